The first-order valence-corrected chi connectivity index (χ1v) is 11.7. The van der Waals surface area contributed by atoms with Crippen molar-refractivity contribution in [1.29, 1.82) is 0 Å². The van der Waals surface area contributed by atoms with E-state index in [1.165, 1.54) is 4.31 Å². The van der Waals surface area contributed by atoms with Gasteiger partial charge in [-0.2, -0.15) is 4.31 Å². The van der Waals surface area contributed by atoms with E-state index in [1.807, 2.05) is 66.7 Å². The molecule has 1 amide bonds. The van der Waals surface area contributed by atoms with Gasteiger partial charge in [-0.3, -0.25) is 4.79 Å². The minimum Gasteiger partial charge on any atom is -0.336 e. The highest BCUT2D eigenvalue weighted by molar-refractivity contribution is 7.89. The molecule has 0 saturated carbocycles. The highest BCUT2D eigenvalue weighted by Gasteiger charge is 2.31. The minimum absolute atomic E-state index is 0.0909. The van der Waals surface area contributed by atoms with Gasteiger partial charge in [-0.1, -0.05) is 78.9 Å². The average molecular weight is 433 g/mol. The minimum atomic E-state index is -3.55. The highest BCUT2D eigenvalue weighted by atomic mass is 32.2. The first-order chi connectivity index (χ1) is 15.1. The van der Waals surface area contributed by atoms with E-state index in [9.17, 15) is 13.2 Å². The van der Waals surface area contributed by atoms with Crippen LogP contribution in [0.5, 0.6) is 0 Å². The third-order valence-electron chi connectivity index (χ3n) is 5.33. The molecular formula is C25H24N2O3S. The monoisotopic (exact) mass is 432 g/mol. The lowest BCUT2D eigenvalue weighted by atomic mass is 10.0. The maximum Gasteiger partial charge on any atom is 0.254 e. The Morgan fingerprint density at radius 3 is 1.81 bits per heavy atom. The largest absolute Gasteiger partial charge is 0.336 e. The lowest BCUT2D eigenvalue weighted by molar-refractivity contribution is -0.126. The summed E-state index contributed by atoms with van der Waals surface area (Å²) in [7, 11) is -3.55. The zero-order chi connectivity index (χ0) is 21.7. The van der Waals surface area contributed by atoms with Crippen molar-refractivity contribution in [3.63, 3.8) is 0 Å². The predicted molar refractivity (Wildman–Crippen MR) is 123 cm³/mol. The van der Waals surface area contributed by atoms with Crippen LogP contribution in [0.3, 0.4) is 0 Å². The third kappa shape index (κ3) is 4.76. The van der Waals surface area contributed by atoms with Crippen LogP contribution >= 0.6 is 0 Å². The lowest BCUT2D eigenvalue weighted by Crippen LogP contribution is -2.50. The van der Waals surface area contributed by atoms with E-state index in [4.69, 9.17) is 0 Å². The molecule has 3 aromatic carbocycles. The molecule has 1 saturated heterocycles. The van der Waals surface area contributed by atoms with Crippen molar-refractivity contribution >= 4 is 27.6 Å². The average Bonchev–Trinajstić information content (AvgIpc) is 2.84. The molecule has 158 valence electrons. The van der Waals surface area contributed by atoms with Gasteiger partial charge in [-0.25, -0.2) is 8.42 Å². The van der Waals surface area contributed by atoms with Crippen LogP contribution in [0.15, 0.2) is 95.9 Å². The maximum atomic E-state index is 13.4. The summed E-state index contributed by atoms with van der Waals surface area (Å²) in [6, 6.07) is 27.7. The highest BCUT2D eigenvalue weighted by Crippen LogP contribution is 2.23. The number of benzene rings is 3. The van der Waals surface area contributed by atoms with Gasteiger partial charge in [0.25, 0.3) is 5.91 Å². The Kier molecular flexibility index (Phi) is 6.30. The number of piperazine rings is 1. The zero-order valence-corrected chi connectivity index (χ0v) is 17.9. The molecule has 1 fully saturated rings. The summed E-state index contributed by atoms with van der Waals surface area (Å²) in [6.45, 7) is 1.25. The van der Waals surface area contributed by atoms with Crippen molar-refractivity contribution in [2.75, 3.05) is 26.2 Å². The fraction of sp³-hybridized carbons (Fsp3) is 0.160. The van der Waals surface area contributed by atoms with Gasteiger partial charge in [-0.15, -0.1) is 0 Å². The molecule has 6 heteroatoms. The van der Waals surface area contributed by atoms with Crippen LogP contribution in [0.4, 0.5) is 0 Å². The second kappa shape index (κ2) is 9.29. The van der Waals surface area contributed by atoms with Crippen LogP contribution in [0.2, 0.25) is 0 Å². The molecule has 0 aromatic heterocycles. The van der Waals surface area contributed by atoms with E-state index in [2.05, 4.69) is 0 Å². The molecule has 0 aliphatic carbocycles. The molecule has 5 nitrogen and oxygen atoms in total. The van der Waals surface area contributed by atoms with Gasteiger partial charge in [0.15, 0.2) is 0 Å². The molecule has 1 aliphatic rings. The van der Waals surface area contributed by atoms with Crippen molar-refractivity contribution in [2.45, 2.75) is 4.90 Å². The van der Waals surface area contributed by atoms with Gasteiger partial charge in [0.2, 0.25) is 10.0 Å². The number of carbonyl (C=O) groups is 1. The molecule has 4 rings (SSSR count). The summed E-state index contributed by atoms with van der Waals surface area (Å²) in [6.07, 6.45) is 1.89. The van der Waals surface area contributed by atoms with Crippen LogP contribution < -0.4 is 0 Å². The number of sulfonamides is 1. The summed E-state index contributed by atoms with van der Waals surface area (Å²) < 4.78 is 27.2. The second-order valence-electron chi connectivity index (χ2n) is 7.34. The fourth-order valence-corrected chi connectivity index (χ4v) is 5.09. The number of rotatable bonds is 5. The molecule has 0 unspecified atom stereocenters. The molecule has 0 radical (unpaired) electrons. The Morgan fingerprint density at radius 1 is 0.710 bits per heavy atom. The number of nitrogens with zero attached hydrogens (tertiary/aromatic N) is 2. The van der Waals surface area contributed by atoms with Gasteiger partial charge < -0.3 is 4.90 Å². The molecule has 0 spiro atoms. The van der Waals surface area contributed by atoms with Crippen LogP contribution in [0.25, 0.3) is 11.6 Å². The van der Waals surface area contributed by atoms with Crippen LogP contribution in [-0.4, -0.2) is 49.7 Å². The van der Waals surface area contributed by atoms with E-state index < -0.39 is 10.0 Å². The topological polar surface area (TPSA) is 57.7 Å². The number of hydrogen-bond donors (Lipinski definition) is 0. The SMILES string of the molecule is O=C(C(=Cc1ccccc1)c1ccccc1)N1CCN(S(=O)(=O)c2ccccc2)CC1. The Bertz CT molecular complexity index is 1150. The number of hydrogen-bond acceptors (Lipinski definition) is 3. The van der Waals surface area contributed by atoms with Gasteiger partial charge in [0, 0.05) is 31.8 Å². The standard InChI is InChI=1S/C25H24N2O3S/c28-25(24(22-12-6-2-7-13-22)20-21-10-4-1-5-11-21)26-16-18-27(19-17-26)31(29,30)23-14-8-3-9-15-23/h1-15,20H,16-19H2. The number of carbonyl (C=O) groups excluding carboxylic acids is 1. The van der Waals surface area contributed by atoms with E-state index in [1.54, 1.807) is 35.2 Å². The van der Waals surface area contributed by atoms with Crippen molar-refractivity contribution < 1.29 is 13.2 Å². The van der Waals surface area contributed by atoms with Crippen LogP contribution in [0.1, 0.15) is 11.1 Å². The summed E-state index contributed by atoms with van der Waals surface area (Å²) in [5.41, 5.74) is 2.39. The Hall–Kier alpha value is -3.22. The Labute approximate surface area is 183 Å². The summed E-state index contributed by atoms with van der Waals surface area (Å²) in [5, 5.41) is 0. The second-order valence-corrected chi connectivity index (χ2v) is 9.28. The van der Waals surface area contributed by atoms with E-state index in [-0.39, 0.29) is 23.9 Å². The normalized spacial score (nSPS) is 15.6. The molecular weight excluding hydrogens is 408 g/mol. The Balaban J connectivity index is 1.54. The molecule has 0 atom stereocenters. The first-order valence-electron chi connectivity index (χ1n) is 10.2. The molecule has 1 aliphatic heterocycles. The van der Waals surface area contributed by atoms with E-state index in [0.29, 0.717) is 18.7 Å². The van der Waals surface area contributed by atoms with Crippen LogP contribution in [0, 0.1) is 0 Å². The lowest BCUT2D eigenvalue weighted by Gasteiger charge is -2.34. The third-order valence-corrected chi connectivity index (χ3v) is 7.25. The van der Waals surface area contributed by atoms with Crippen molar-refractivity contribution in [3.05, 3.63) is 102 Å². The van der Waals surface area contributed by atoms with Crippen molar-refractivity contribution in [2.24, 2.45) is 0 Å². The van der Waals surface area contributed by atoms with E-state index >= 15 is 0 Å². The van der Waals surface area contributed by atoms with Gasteiger partial charge >= 0.3 is 0 Å². The van der Waals surface area contributed by atoms with E-state index in [0.717, 1.165) is 11.1 Å². The molecule has 3 aromatic rings. The fourth-order valence-electron chi connectivity index (χ4n) is 3.65. The van der Waals surface area contributed by atoms with Gasteiger partial charge in [0.1, 0.15) is 0 Å². The van der Waals surface area contributed by atoms with Crippen LogP contribution in [-0.2, 0) is 14.8 Å². The van der Waals surface area contributed by atoms with Gasteiger partial charge in [-0.05, 0) is 29.3 Å². The summed E-state index contributed by atoms with van der Waals surface area (Å²) in [4.78, 5) is 15.4. The Morgan fingerprint density at radius 2 is 1.23 bits per heavy atom. The zero-order valence-electron chi connectivity index (χ0n) is 17.1. The van der Waals surface area contributed by atoms with Gasteiger partial charge in [0.05, 0.1) is 4.90 Å². The quantitative estimate of drug-likeness (QED) is 0.456. The number of amides is 1. The molecule has 1 heterocycles. The summed E-state index contributed by atoms with van der Waals surface area (Å²) in [5.74, 6) is -0.0909. The summed E-state index contributed by atoms with van der Waals surface area (Å²) >= 11 is 0. The molecule has 31 heavy (non-hydrogen) atoms. The predicted octanol–water partition coefficient (Wildman–Crippen LogP) is 3.76. The maximum absolute atomic E-state index is 13.4. The molecule has 0 N–H and O–H groups in total. The van der Waals surface area contributed by atoms with Crippen molar-refractivity contribution in [1.82, 2.24) is 9.21 Å². The van der Waals surface area contributed by atoms with Crippen molar-refractivity contribution in [3.8, 4) is 0 Å². The smallest absolute Gasteiger partial charge is 0.254 e. The first kappa shape index (κ1) is 21.0. The molecule has 0 bridgehead atoms.